The van der Waals surface area contributed by atoms with E-state index in [2.05, 4.69) is 28.8 Å². The van der Waals surface area contributed by atoms with Crippen molar-refractivity contribution in [3.8, 4) is 0 Å². The van der Waals surface area contributed by atoms with E-state index >= 15 is 0 Å². The van der Waals surface area contributed by atoms with Gasteiger partial charge in [-0.1, -0.05) is 12.1 Å². The second-order valence-corrected chi connectivity index (χ2v) is 7.09. The third-order valence-corrected chi connectivity index (χ3v) is 4.92. The fourth-order valence-electron chi connectivity index (χ4n) is 1.91. The summed E-state index contributed by atoms with van der Waals surface area (Å²) in [5, 5.41) is 3.08. The molecule has 0 aliphatic rings. The summed E-state index contributed by atoms with van der Waals surface area (Å²) in [6.07, 6.45) is 0.789. The van der Waals surface area contributed by atoms with E-state index in [0.717, 1.165) is 13.0 Å². The number of anilines is 1. The molecule has 6 heteroatoms. The molecule has 0 heterocycles. The molecule has 0 aromatic heterocycles. The van der Waals surface area contributed by atoms with E-state index in [4.69, 9.17) is 0 Å². The Kier molecular flexibility index (Phi) is 7.14. The predicted molar refractivity (Wildman–Crippen MR) is 88.2 cm³/mol. The van der Waals surface area contributed by atoms with Crippen LogP contribution in [0.5, 0.6) is 0 Å². The van der Waals surface area contributed by atoms with Crippen LogP contribution in [0.3, 0.4) is 0 Å². The Morgan fingerprint density at radius 1 is 1.24 bits per heavy atom. The highest BCUT2D eigenvalue weighted by Crippen LogP contribution is 2.20. The standard InChI is InChI=1S/C15H27N3O2S/c1-5-16-14-9-6-7-10-15(14)21(19,20)17-11-8-12-18(4)13(2)3/h6-7,9-10,13,16-17H,5,8,11-12H2,1-4H3. The van der Waals surface area contributed by atoms with Crippen LogP contribution >= 0.6 is 0 Å². The fourth-order valence-corrected chi connectivity index (χ4v) is 3.16. The molecule has 0 bridgehead atoms. The molecule has 1 rings (SSSR count). The molecule has 0 saturated carbocycles. The minimum Gasteiger partial charge on any atom is -0.384 e. The van der Waals surface area contributed by atoms with E-state index in [1.807, 2.05) is 20.0 Å². The van der Waals surface area contributed by atoms with Crippen molar-refractivity contribution < 1.29 is 8.42 Å². The molecule has 5 nitrogen and oxygen atoms in total. The molecule has 2 N–H and O–H groups in total. The van der Waals surface area contributed by atoms with E-state index in [-0.39, 0.29) is 0 Å². The van der Waals surface area contributed by atoms with E-state index in [0.29, 0.717) is 29.7 Å². The average Bonchev–Trinajstić information content (AvgIpc) is 2.44. The van der Waals surface area contributed by atoms with Crippen molar-refractivity contribution in [2.45, 2.75) is 38.1 Å². The molecule has 0 saturated heterocycles. The van der Waals surface area contributed by atoms with Gasteiger partial charge in [0.25, 0.3) is 0 Å². The first kappa shape index (κ1) is 17.9. The van der Waals surface area contributed by atoms with Gasteiger partial charge in [0.2, 0.25) is 10.0 Å². The first-order valence-electron chi connectivity index (χ1n) is 7.41. The maximum Gasteiger partial charge on any atom is 0.242 e. The normalized spacial score (nSPS) is 12.1. The van der Waals surface area contributed by atoms with Crippen LogP contribution in [-0.4, -0.2) is 46.0 Å². The van der Waals surface area contributed by atoms with Gasteiger partial charge in [0.1, 0.15) is 4.90 Å². The maximum absolute atomic E-state index is 12.3. The summed E-state index contributed by atoms with van der Waals surface area (Å²) in [7, 11) is -1.42. The summed E-state index contributed by atoms with van der Waals surface area (Å²) in [6, 6.07) is 7.44. The first-order chi connectivity index (χ1) is 9.88. The van der Waals surface area contributed by atoms with Gasteiger partial charge in [0.15, 0.2) is 0 Å². The molecule has 1 aromatic rings. The topological polar surface area (TPSA) is 61.4 Å². The summed E-state index contributed by atoms with van der Waals surface area (Å²) < 4.78 is 27.4. The lowest BCUT2D eigenvalue weighted by atomic mass is 10.3. The Hall–Kier alpha value is -1.11. The number of rotatable bonds is 9. The van der Waals surface area contributed by atoms with Crippen LogP contribution < -0.4 is 10.0 Å². The van der Waals surface area contributed by atoms with Gasteiger partial charge in [-0.05, 0) is 52.9 Å². The van der Waals surface area contributed by atoms with Gasteiger partial charge < -0.3 is 10.2 Å². The molecule has 0 amide bonds. The SMILES string of the molecule is CCNc1ccccc1S(=O)(=O)NCCCN(C)C(C)C. The van der Waals surface area contributed by atoms with Gasteiger partial charge in [0.05, 0.1) is 5.69 Å². The van der Waals surface area contributed by atoms with Gasteiger partial charge in [-0.15, -0.1) is 0 Å². The zero-order chi connectivity index (χ0) is 15.9. The average molecular weight is 313 g/mol. The first-order valence-corrected chi connectivity index (χ1v) is 8.89. The number of sulfonamides is 1. The van der Waals surface area contributed by atoms with E-state index < -0.39 is 10.0 Å². The summed E-state index contributed by atoms with van der Waals surface area (Å²) in [5.41, 5.74) is 0.645. The lowest BCUT2D eigenvalue weighted by molar-refractivity contribution is 0.271. The van der Waals surface area contributed by atoms with Crippen molar-refractivity contribution in [1.29, 1.82) is 0 Å². The summed E-state index contributed by atoms with van der Waals surface area (Å²) in [5.74, 6) is 0. The Morgan fingerprint density at radius 3 is 2.52 bits per heavy atom. The number of benzene rings is 1. The van der Waals surface area contributed by atoms with Crippen LogP contribution in [0.15, 0.2) is 29.2 Å². The Bertz CT molecular complexity index is 529. The smallest absolute Gasteiger partial charge is 0.242 e. The Labute approximate surface area is 128 Å². The lowest BCUT2D eigenvalue weighted by Crippen LogP contribution is -2.31. The number of nitrogens with zero attached hydrogens (tertiary/aromatic N) is 1. The number of para-hydroxylation sites is 1. The second-order valence-electron chi connectivity index (χ2n) is 5.35. The number of hydrogen-bond acceptors (Lipinski definition) is 4. The van der Waals surface area contributed by atoms with Crippen LogP contribution in [0, 0.1) is 0 Å². The van der Waals surface area contributed by atoms with Crippen molar-refractivity contribution in [2.24, 2.45) is 0 Å². The van der Waals surface area contributed by atoms with Gasteiger partial charge in [-0.25, -0.2) is 13.1 Å². The van der Waals surface area contributed by atoms with Gasteiger partial charge in [0, 0.05) is 19.1 Å². The van der Waals surface area contributed by atoms with Crippen molar-refractivity contribution in [2.75, 3.05) is 32.0 Å². The molecule has 0 radical (unpaired) electrons. The molecule has 0 atom stereocenters. The van der Waals surface area contributed by atoms with Crippen LogP contribution in [0.25, 0.3) is 0 Å². The number of nitrogens with one attached hydrogen (secondary N) is 2. The molecule has 0 aliphatic carbocycles. The number of hydrogen-bond donors (Lipinski definition) is 2. The minimum atomic E-state index is -3.46. The molecular formula is C15H27N3O2S. The summed E-state index contributed by atoms with van der Waals surface area (Å²) >= 11 is 0. The molecule has 0 fully saturated rings. The van der Waals surface area contributed by atoms with Gasteiger partial charge >= 0.3 is 0 Å². The third-order valence-electron chi connectivity index (χ3n) is 3.41. The van der Waals surface area contributed by atoms with E-state index in [9.17, 15) is 8.42 Å². The largest absolute Gasteiger partial charge is 0.384 e. The Balaban J connectivity index is 2.62. The Morgan fingerprint density at radius 2 is 1.90 bits per heavy atom. The van der Waals surface area contributed by atoms with Crippen LogP contribution in [0.4, 0.5) is 5.69 Å². The minimum absolute atomic E-state index is 0.309. The predicted octanol–water partition coefficient (Wildman–Crippen LogP) is 2.13. The molecule has 0 unspecified atom stereocenters. The van der Waals surface area contributed by atoms with Gasteiger partial charge in [-0.2, -0.15) is 0 Å². The molecular weight excluding hydrogens is 286 g/mol. The molecule has 21 heavy (non-hydrogen) atoms. The van der Waals surface area contributed by atoms with E-state index in [1.165, 1.54) is 0 Å². The van der Waals surface area contributed by atoms with Crippen LogP contribution in [0.1, 0.15) is 27.2 Å². The zero-order valence-electron chi connectivity index (χ0n) is 13.4. The quantitative estimate of drug-likeness (QED) is 0.686. The summed E-state index contributed by atoms with van der Waals surface area (Å²) in [6.45, 7) is 8.19. The third kappa shape index (κ3) is 5.65. The highest BCUT2D eigenvalue weighted by molar-refractivity contribution is 7.89. The second kappa shape index (κ2) is 8.36. The summed E-state index contributed by atoms with van der Waals surface area (Å²) in [4.78, 5) is 2.50. The van der Waals surface area contributed by atoms with Gasteiger partial charge in [-0.3, -0.25) is 0 Å². The molecule has 120 valence electrons. The van der Waals surface area contributed by atoms with Crippen LogP contribution in [-0.2, 0) is 10.0 Å². The molecule has 1 aromatic carbocycles. The lowest BCUT2D eigenvalue weighted by Gasteiger charge is -2.20. The van der Waals surface area contributed by atoms with Crippen LogP contribution in [0.2, 0.25) is 0 Å². The highest BCUT2D eigenvalue weighted by atomic mass is 32.2. The molecule has 0 aliphatic heterocycles. The fraction of sp³-hybridized carbons (Fsp3) is 0.600. The zero-order valence-corrected chi connectivity index (χ0v) is 14.2. The highest BCUT2D eigenvalue weighted by Gasteiger charge is 2.17. The van der Waals surface area contributed by atoms with Crippen molar-refractivity contribution >= 4 is 15.7 Å². The van der Waals surface area contributed by atoms with Crippen molar-refractivity contribution in [3.05, 3.63) is 24.3 Å². The van der Waals surface area contributed by atoms with E-state index in [1.54, 1.807) is 18.2 Å². The van der Waals surface area contributed by atoms with Crippen molar-refractivity contribution in [3.63, 3.8) is 0 Å². The monoisotopic (exact) mass is 313 g/mol. The van der Waals surface area contributed by atoms with Crippen molar-refractivity contribution in [1.82, 2.24) is 9.62 Å². The molecule has 0 spiro atoms. The maximum atomic E-state index is 12.3.